The topological polar surface area (TPSA) is 76.9 Å². The number of hydrogen-bond acceptors (Lipinski definition) is 5. The van der Waals surface area contributed by atoms with Gasteiger partial charge < -0.3 is 5.32 Å². The number of benzene rings is 2. The molecule has 0 radical (unpaired) electrons. The second-order valence-electron chi connectivity index (χ2n) is 7.89. The first-order valence-corrected chi connectivity index (χ1v) is 12.1. The molecule has 2 aromatic carbocycles. The normalized spacial score (nSPS) is 13.0. The van der Waals surface area contributed by atoms with Gasteiger partial charge in [-0.2, -0.15) is 0 Å². The first-order valence-electron chi connectivity index (χ1n) is 10.8. The highest BCUT2D eigenvalue weighted by atomic mass is 35.5. The number of fused-ring (bicyclic) bond motifs is 2. The average Bonchev–Trinajstić information content (AvgIpc) is 2.82. The summed E-state index contributed by atoms with van der Waals surface area (Å²) in [6.45, 7) is 0. The maximum absolute atomic E-state index is 13.6. The Morgan fingerprint density at radius 3 is 2.67 bits per heavy atom. The molecular formula is C25H21ClN4O2S. The van der Waals surface area contributed by atoms with Gasteiger partial charge >= 0.3 is 0 Å². The van der Waals surface area contributed by atoms with Gasteiger partial charge in [0, 0.05) is 16.4 Å². The van der Waals surface area contributed by atoms with Crippen LogP contribution >= 0.6 is 23.4 Å². The Kier molecular flexibility index (Phi) is 6.15. The number of anilines is 1. The lowest BCUT2D eigenvalue weighted by atomic mass is 9.95. The van der Waals surface area contributed by atoms with Crippen LogP contribution in [0.3, 0.4) is 0 Å². The molecule has 1 aliphatic rings. The van der Waals surface area contributed by atoms with Crippen LogP contribution in [-0.4, -0.2) is 26.2 Å². The van der Waals surface area contributed by atoms with Gasteiger partial charge in [0.1, 0.15) is 0 Å². The fraction of sp³-hybridized carbons (Fsp3) is 0.200. The molecule has 166 valence electrons. The zero-order valence-corrected chi connectivity index (χ0v) is 19.3. The van der Waals surface area contributed by atoms with Crippen LogP contribution in [0.15, 0.2) is 70.6 Å². The van der Waals surface area contributed by atoms with Crippen LogP contribution < -0.4 is 10.9 Å². The van der Waals surface area contributed by atoms with Gasteiger partial charge in [0.2, 0.25) is 5.91 Å². The molecule has 6 nitrogen and oxygen atoms in total. The number of hydrogen-bond donors (Lipinski definition) is 1. The first kappa shape index (κ1) is 21.7. The Labute approximate surface area is 200 Å². The van der Waals surface area contributed by atoms with E-state index in [0.29, 0.717) is 32.6 Å². The Balaban J connectivity index is 1.52. The summed E-state index contributed by atoms with van der Waals surface area (Å²) in [7, 11) is 0. The molecule has 0 fully saturated rings. The second kappa shape index (κ2) is 9.37. The van der Waals surface area contributed by atoms with Crippen LogP contribution in [0.4, 0.5) is 5.69 Å². The molecule has 5 rings (SSSR count). The summed E-state index contributed by atoms with van der Waals surface area (Å²) in [4.78, 5) is 35.6. The second-order valence-corrected chi connectivity index (χ2v) is 9.27. The summed E-state index contributed by atoms with van der Waals surface area (Å²) in [5, 5.41) is 4.32. The van der Waals surface area contributed by atoms with Crippen molar-refractivity contribution in [3.63, 3.8) is 0 Å². The number of rotatable bonds is 5. The summed E-state index contributed by atoms with van der Waals surface area (Å²) in [5.41, 5.74) is 3.73. The highest BCUT2D eigenvalue weighted by Gasteiger charge is 2.19. The Bertz CT molecular complexity index is 1410. The highest BCUT2D eigenvalue weighted by Crippen LogP contribution is 2.25. The summed E-state index contributed by atoms with van der Waals surface area (Å²) in [5.74, 6) is -0.128. The summed E-state index contributed by atoms with van der Waals surface area (Å²) >= 11 is 7.21. The van der Waals surface area contributed by atoms with E-state index < -0.39 is 0 Å². The van der Waals surface area contributed by atoms with E-state index in [1.54, 1.807) is 28.8 Å². The number of aryl methyl sites for hydroxylation is 2. The predicted octanol–water partition coefficient (Wildman–Crippen LogP) is 5.04. The van der Waals surface area contributed by atoms with Crippen molar-refractivity contribution < 1.29 is 4.79 Å². The Hall–Kier alpha value is -3.16. The van der Waals surface area contributed by atoms with E-state index in [-0.39, 0.29) is 17.2 Å². The molecule has 2 heterocycles. The number of pyridine rings is 1. The molecule has 1 amide bonds. The molecule has 0 aliphatic heterocycles. The SMILES string of the molecule is O=C(CSc1nc2nc3c(cc2c(=O)n1-c1ccccc1)CCCC3)Nc1cccc(Cl)c1. The van der Waals surface area contributed by atoms with E-state index in [1.165, 1.54) is 11.8 Å². The number of nitrogens with zero attached hydrogens (tertiary/aromatic N) is 3. The van der Waals surface area contributed by atoms with Gasteiger partial charge in [0.05, 0.1) is 16.8 Å². The minimum Gasteiger partial charge on any atom is -0.325 e. The molecule has 0 saturated heterocycles. The van der Waals surface area contributed by atoms with Crippen LogP contribution in [0.25, 0.3) is 16.7 Å². The van der Waals surface area contributed by atoms with Gasteiger partial charge in [-0.05, 0) is 67.6 Å². The number of para-hydroxylation sites is 1. The molecule has 8 heteroatoms. The van der Waals surface area contributed by atoms with Crippen molar-refractivity contribution in [2.75, 3.05) is 11.1 Å². The predicted molar refractivity (Wildman–Crippen MR) is 133 cm³/mol. The van der Waals surface area contributed by atoms with Gasteiger partial charge in [-0.25, -0.2) is 9.97 Å². The number of thioether (sulfide) groups is 1. The summed E-state index contributed by atoms with van der Waals surface area (Å²) in [6.07, 6.45) is 4.04. The molecule has 0 saturated carbocycles. The van der Waals surface area contributed by atoms with Crippen molar-refractivity contribution in [2.24, 2.45) is 0 Å². The highest BCUT2D eigenvalue weighted by molar-refractivity contribution is 7.99. The maximum atomic E-state index is 13.6. The van der Waals surface area contributed by atoms with Gasteiger partial charge in [0.15, 0.2) is 10.8 Å². The van der Waals surface area contributed by atoms with Crippen molar-refractivity contribution >= 4 is 46.0 Å². The molecule has 33 heavy (non-hydrogen) atoms. The van der Waals surface area contributed by atoms with E-state index in [0.717, 1.165) is 36.9 Å². The molecule has 0 unspecified atom stereocenters. The van der Waals surface area contributed by atoms with Gasteiger partial charge in [-0.15, -0.1) is 0 Å². The largest absolute Gasteiger partial charge is 0.325 e. The number of nitrogens with one attached hydrogen (secondary N) is 1. The van der Waals surface area contributed by atoms with Gasteiger partial charge in [0.25, 0.3) is 5.56 Å². The third kappa shape index (κ3) is 4.65. The van der Waals surface area contributed by atoms with E-state index >= 15 is 0 Å². The van der Waals surface area contributed by atoms with Crippen molar-refractivity contribution in [1.82, 2.24) is 14.5 Å². The smallest absolute Gasteiger partial charge is 0.268 e. The lowest BCUT2D eigenvalue weighted by Gasteiger charge is -2.17. The zero-order chi connectivity index (χ0) is 22.8. The van der Waals surface area contributed by atoms with E-state index in [4.69, 9.17) is 21.6 Å². The Morgan fingerprint density at radius 2 is 1.85 bits per heavy atom. The molecule has 1 aliphatic carbocycles. The third-order valence-corrected chi connectivity index (χ3v) is 6.74. The van der Waals surface area contributed by atoms with Crippen LogP contribution in [0, 0.1) is 0 Å². The quantitative estimate of drug-likeness (QED) is 0.322. The van der Waals surface area contributed by atoms with Gasteiger partial charge in [-0.1, -0.05) is 47.6 Å². The standard InChI is InChI=1S/C25H21ClN4O2S/c26-17-8-6-9-18(14-17)27-22(31)15-33-25-29-23-20(13-16-7-4-5-12-21(16)28-23)24(32)30(25)19-10-2-1-3-11-19/h1-3,6,8-11,13-14H,4-5,7,12,15H2,(H,27,31). The molecule has 0 atom stereocenters. The maximum Gasteiger partial charge on any atom is 0.268 e. The van der Waals surface area contributed by atoms with Gasteiger partial charge in [-0.3, -0.25) is 14.2 Å². The first-order chi connectivity index (χ1) is 16.1. The number of aromatic nitrogens is 3. The molecule has 0 spiro atoms. The fourth-order valence-corrected chi connectivity index (χ4v) is 5.00. The molecular weight excluding hydrogens is 456 g/mol. The molecule has 2 aromatic heterocycles. The number of carbonyl (C=O) groups excluding carboxylic acids is 1. The number of amides is 1. The van der Waals surface area contributed by atoms with E-state index in [2.05, 4.69) is 5.32 Å². The molecule has 0 bridgehead atoms. The number of carbonyl (C=O) groups is 1. The third-order valence-electron chi connectivity index (χ3n) is 5.56. The lowest BCUT2D eigenvalue weighted by molar-refractivity contribution is -0.113. The average molecular weight is 477 g/mol. The zero-order valence-electron chi connectivity index (χ0n) is 17.8. The lowest BCUT2D eigenvalue weighted by Crippen LogP contribution is -2.24. The monoisotopic (exact) mass is 476 g/mol. The summed E-state index contributed by atoms with van der Waals surface area (Å²) < 4.78 is 1.57. The minimum absolute atomic E-state index is 0.0855. The van der Waals surface area contributed by atoms with E-state index in [1.807, 2.05) is 36.4 Å². The van der Waals surface area contributed by atoms with Crippen LogP contribution in [0.2, 0.25) is 5.02 Å². The van der Waals surface area contributed by atoms with Crippen molar-refractivity contribution in [3.05, 3.63) is 87.3 Å². The van der Waals surface area contributed by atoms with Crippen molar-refractivity contribution in [3.8, 4) is 5.69 Å². The van der Waals surface area contributed by atoms with Crippen LogP contribution in [0.1, 0.15) is 24.1 Å². The van der Waals surface area contributed by atoms with E-state index in [9.17, 15) is 9.59 Å². The Morgan fingerprint density at radius 1 is 1.03 bits per heavy atom. The van der Waals surface area contributed by atoms with Crippen molar-refractivity contribution in [2.45, 2.75) is 30.8 Å². The van der Waals surface area contributed by atoms with Crippen molar-refractivity contribution in [1.29, 1.82) is 0 Å². The fourth-order valence-electron chi connectivity index (χ4n) is 4.01. The molecule has 4 aromatic rings. The van der Waals surface area contributed by atoms with Crippen LogP contribution in [-0.2, 0) is 17.6 Å². The number of halogens is 1. The van der Waals surface area contributed by atoms with Crippen LogP contribution in [0.5, 0.6) is 0 Å². The molecule has 1 N–H and O–H groups in total. The summed E-state index contributed by atoms with van der Waals surface area (Å²) in [6, 6.07) is 18.3. The minimum atomic E-state index is -0.213.